The normalized spacial score (nSPS) is 11.4. The zero-order valence-electron chi connectivity index (χ0n) is 9.96. The molecular weight excluding hydrogens is 278 g/mol. The van der Waals surface area contributed by atoms with Crippen molar-refractivity contribution in [3.8, 4) is 0 Å². The van der Waals surface area contributed by atoms with E-state index in [9.17, 15) is 22.4 Å². The molecule has 2 rings (SSSR count). The first kappa shape index (κ1) is 14.0. The number of rotatable bonds is 3. The van der Waals surface area contributed by atoms with E-state index in [0.29, 0.717) is 6.07 Å². The fraction of sp³-hybridized carbons (Fsp3) is 0.167. The predicted molar refractivity (Wildman–Crippen MR) is 63.6 cm³/mol. The quantitative estimate of drug-likeness (QED) is 0.853. The van der Waals surface area contributed by atoms with Crippen molar-refractivity contribution < 1.29 is 17.6 Å². The molecule has 2 N–H and O–H groups in total. The van der Waals surface area contributed by atoms with Crippen LogP contribution in [0.3, 0.4) is 0 Å². The number of H-pyrrole nitrogens is 1. The van der Waals surface area contributed by atoms with Gasteiger partial charge in [0.1, 0.15) is 5.82 Å². The van der Waals surface area contributed by atoms with Crippen LogP contribution in [-0.4, -0.2) is 9.97 Å². The topological polar surface area (TPSA) is 57.8 Å². The molecule has 1 heterocycles. The van der Waals surface area contributed by atoms with Gasteiger partial charge in [-0.2, -0.15) is 13.2 Å². The summed E-state index contributed by atoms with van der Waals surface area (Å²) in [6, 6.07) is 6.12. The fourth-order valence-corrected chi connectivity index (χ4v) is 1.51. The van der Waals surface area contributed by atoms with Crippen LogP contribution in [0.1, 0.15) is 11.3 Å². The Balaban J connectivity index is 2.20. The highest BCUT2D eigenvalue weighted by molar-refractivity contribution is 5.29. The van der Waals surface area contributed by atoms with Gasteiger partial charge < -0.3 is 5.32 Å². The number of benzene rings is 1. The molecule has 0 aliphatic heterocycles. The molecule has 0 radical (unpaired) electrons. The first-order valence-corrected chi connectivity index (χ1v) is 5.52. The minimum Gasteiger partial charge on any atom is -0.352 e. The highest BCUT2D eigenvalue weighted by Gasteiger charge is 2.33. The molecule has 0 spiro atoms. The predicted octanol–water partition coefficient (Wildman–Crippen LogP) is 2.54. The van der Waals surface area contributed by atoms with Gasteiger partial charge in [-0.25, -0.2) is 9.37 Å². The molecule has 106 valence electrons. The number of alkyl halides is 3. The molecule has 8 heteroatoms. The third kappa shape index (κ3) is 3.34. The number of hydrogen-bond acceptors (Lipinski definition) is 3. The molecule has 4 nitrogen and oxygen atoms in total. The van der Waals surface area contributed by atoms with Crippen molar-refractivity contribution in [1.82, 2.24) is 9.97 Å². The fourth-order valence-electron chi connectivity index (χ4n) is 1.51. The maximum Gasteiger partial charge on any atom is 0.433 e. The highest BCUT2D eigenvalue weighted by atomic mass is 19.4. The second kappa shape index (κ2) is 5.32. The SMILES string of the molecule is O=c1cc(C(F)(F)F)nc(NCc2ccccc2F)[nH]1. The summed E-state index contributed by atoms with van der Waals surface area (Å²) in [6.07, 6.45) is -4.72. The second-order valence-corrected chi connectivity index (χ2v) is 3.92. The Kier molecular flexibility index (Phi) is 3.73. The summed E-state index contributed by atoms with van der Waals surface area (Å²) in [6.45, 7) is -0.100. The Bertz CT molecular complexity index is 666. The number of hydrogen-bond donors (Lipinski definition) is 2. The van der Waals surface area contributed by atoms with Gasteiger partial charge in [-0.15, -0.1) is 0 Å². The molecule has 0 saturated carbocycles. The van der Waals surface area contributed by atoms with Crippen molar-refractivity contribution in [3.63, 3.8) is 0 Å². The van der Waals surface area contributed by atoms with E-state index in [1.165, 1.54) is 18.2 Å². The highest BCUT2D eigenvalue weighted by Crippen LogP contribution is 2.26. The maximum atomic E-state index is 13.3. The van der Waals surface area contributed by atoms with E-state index in [4.69, 9.17) is 0 Å². The summed E-state index contributed by atoms with van der Waals surface area (Å²) in [5.74, 6) is -0.873. The van der Waals surface area contributed by atoms with Crippen LogP contribution in [0.2, 0.25) is 0 Å². The van der Waals surface area contributed by atoms with Gasteiger partial charge in [-0.1, -0.05) is 18.2 Å². The third-order valence-corrected chi connectivity index (χ3v) is 2.44. The number of anilines is 1. The van der Waals surface area contributed by atoms with Gasteiger partial charge >= 0.3 is 6.18 Å². The van der Waals surface area contributed by atoms with Gasteiger partial charge in [0.05, 0.1) is 0 Å². The summed E-state index contributed by atoms with van der Waals surface area (Å²) in [7, 11) is 0. The van der Waals surface area contributed by atoms with Crippen molar-refractivity contribution in [2.45, 2.75) is 12.7 Å². The van der Waals surface area contributed by atoms with Gasteiger partial charge in [0, 0.05) is 18.2 Å². The maximum absolute atomic E-state index is 13.3. The molecule has 0 fully saturated rings. The molecule has 2 aromatic rings. The van der Waals surface area contributed by atoms with Crippen LogP contribution in [0.25, 0.3) is 0 Å². The van der Waals surface area contributed by atoms with Gasteiger partial charge in [0.25, 0.3) is 5.56 Å². The molecule has 0 aliphatic rings. The molecular formula is C12H9F4N3O. The van der Waals surface area contributed by atoms with Crippen LogP contribution in [-0.2, 0) is 12.7 Å². The Hall–Kier alpha value is -2.38. The van der Waals surface area contributed by atoms with E-state index in [2.05, 4.69) is 15.3 Å². The third-order valence-electron chi connectivity index (χ3n) is 2.44. The Labute approximate surface area is 110 Å². The lowest BCUT2D eigenvalue weighted by atomic mass is 10.2. The van der Waals surface area contributed by atoms with E-state index in [1.54, 1.807) is 6.07 Å². The minimum absolute atomic E-state index is 0.100. The van der Waals surface area contributed by atoms with Gasteiger partial charge in [-0.3, -0.25) is 9.78 Å². The van der Waals surface area contributed by atoms with Gasteiger partial charge in [0.15, 0.2) is 5.69 Å². The Morgan fingerprint density at radius 2 is 1.95 bits per heavy atom. The molecule has 0 atom stereocenters. The minimum atomic E-state index is -4.72. The van der Waals surface area contributed by atoms with Crippen LogP contribution in [0, 0.1) is 5.82 Å². The molecule has 0 unspecified atom stereocenters. The molecule has 0 saturated heterocycles. The Morgan fingerprint density at radius 1 is 1.25 bits per heavy atom. The molecule has 0 aliphatic carbocycles. The van der Waals surface area contributed by atoms with Crippen molar-refractivity contribution in [3.05, 3.63) is 57.8 Å². The van der Waals surface area contributed by atoms with Crippen molar-refractivity contribution >= 4 is 5.95 Å². The van der Waals surface area contributed by atoms with Crippen molar-refractivity contribution in [2.75, 3.05) is 5.32 Å². The first-order valence-electron chi connectivity index (χ1n) is 5.52. The van der Waals surface area contributed by atoms with E-state index in [-0.39, 0.29) is 18.1 Å². The average molecular weight is 287 g/mol. The molecule has 20 heavy (non-hydrogen) atoms. The van der Waals surface area contributed by atoms with Gasteiger partial charge in [-0.05, 0) is 6.07 Å². The monoisotopic (exact) mass is 287 g/mol. The standard InChI is InChI=1S/C12H9F4N3O/c13-8-4-2-1-3-7(8)6-17-11-18-9(12(14,15)16)5-10(20)19-11/h1-5H,6H2,(H2,17,18,19,20). The van der Waals surface area contributed by atoms with E-state index >= 15 is 0 Å². The van der Waals surface area contributed by atoms with Crippen molar-refractivity contribution in [1.29, 1.82) is 0 Å². The van der Waals surface area contributed by atoms with E-state index in [0.717, 1.165) is 0 Å². The molecule has 1 aromatic heterocycles. The van der Waals surface area contributed by atoms with Crippen LogP contribution in [0.15, 0.2) is 35.1 Å². The number of aromatic amines is 1. The average Bonchev–Trinajstić information content (AvgIpc) is 2.36. The molecule has 0 bridgehead atoms. The molecule has 1 aromatic carbocycles. The lowest BCUT2D eigenvalue weighted by Gasteiger charge is -2.09. The summed E-state index contributed by atoms with van der Waals surface area (Å²) < 4.78 is 50.7. The summed E-state index contributed by atoms with van der Waals surface area (Å²) in [5.41, 5.74) is -2.01. The van der Waals surface area contributed by atoms with E-state index < -0.39 is 23.2 Å². The summed E-state index contributed by atoms with van der Waals surface area (Å²) >= 11 is 0. The number of aromatic nitrogens is 2. The number of nitrogens with zero attached hydrogens (tertiary/aromatic N) is 1. The smallest absolute Gasteiger partial charge is 0.352 e. The van der Waals surface area contributed by atoms with Crippen molar-refractivity contribution in [2.24, 2.45) is 0 Å². The van der Waals surface area contributed by atoms with Crippen LogP contribution < -0.4 is 10.9 Å². The second-order valence-electron chi connectivity index (χ2n) is 3.92. The first-order chi connectivity index (χ1) is 9.36. The summed E-state index contributed by atoms with van der Waals surface area (Å²) in [5, 5.41) is 2.45. The zero-order valence-corrected chi connectivity index (χ0v) is 9.96. The number of nitrogens with one attached hydrogen (secondary N) is 2. The van der Waals surface area contributed by atoms with Crippen LogP contribution in [0.4, 0.5) is 23.5 Å². The van der Waals surface area contributed by atoms with Crippen LogP contribution in [0.5, 0.6) is 0 Å². The Morgan fingerprint density at radius 3 is 2.60 bits per heavy atom. The summed E-state index contributed by atoms with van der Waals surface area (Å²) in [4.78, 5) is 16.5. The van der Waals surface area contributed by atoms with Gasteiger partial charge in [0.2, 0.25) is 5.95 Å². The lowest BCUT2D eigenvalue weighted by molar-refractivity contribution is -0.141. The lowest BCUT2D eigenvalue weighted by Crippen LogP contribution is -2.19. The largest absolute Gasteiger partial charge is 0.433 e. The van der Waals surface area contributed by atoms with E-state index in [1.807, 2.05) is 0 Å². The van der Waals surface area contributed by atoms with Crippen LogP contribution >= 0.6 is 0 Å². The number of halogens is 4. The molecule has 0 amide bonds. The zero-order chi connectivity index (χ0) is 14.8.